The van der Waals surface area contributed by atoms with Crippen LogP contribution in [-0.2, 0) is 0 Å². The molecule has 1 unspecified atom stereocenters. The summed E-state index contributed by atoms with van der Waals surface area (Å²) in [6.45, 7) is 5.33. The van der Waals surface area contributed by atoms with Crippen LogP contribution < -0.4 is 5.32 Å². The fourth-order valence-corrected chi connectivity index (χ4v) is 1.59. The maximum absolute atomic E-state index is 11.9. The molecule has 0 aliphatic rings. The predicted molar refractivity (Wildman–Crippen MR) is 60.4 cm³/mol. The summed E-state index contributed by atoms with van der Waals surface area (Å²) in [5.74, 6) is 0.484. The fourth-order valence-electron chi connectivity index (χ4n) is 1.59. The lowest BCUT2D eigenvalue weighted by Gasteiger charge is -2.10. The first kappa shape index (κ1) is 11.4. The Hall–Kier alpha value is -2.11. The molecule has 0 aliphatic carbocycles. The summed E-state index contributed by atoms with van der Waals surface area (Å²) in [7, 11) is 0. The monoisotopic (exact) mass is 234 g/mol. The zero-order valence-electron chi connectivity index (χ0n) is 9.94. The second kappa shape index (κ2) is 4.40. The van der Waals surface area contributed by atoms with Crippen molar-refractivity contribution in [1.29, 1.82) is 0 Å². The quantitative estimate of drug-likeness (QED) is 0.843. The summed E-state index contributed by atoms with van der Waals surface area (Å²) in [6.07, 6.45) is 3.41. The molecule has 6 heteroatoms. The van der Waals surface area contributed by atoms with Crippen molar-refractivity contribution in [3.8, 4) is 0 Å². The van der Waals surface area contributed by atoms with Gasteiger partial charge in [-0.25, -0.2) is 4.98 Å². The molecule has 0 saturated carbocycles. The number of aryl methyl sites for hydroxylation is 2. The van der Waals surface area contributed by atoms with Crippen LogP contribution in [0, 0.1) is 13.8 Å². The average Bonchev–Trinajstić information content (AvgIpc) is 2.87. The molecule has 2 N–H and O–H groups in total. The maximum Gasteiger partial charge on any atom is 0.289 e. The minimum absolute atomic E-state index is 0.133. The van der Waals surface area contributed by atoms with Gasteiger partial charge in [-0.3, -0.25) is 9.89 Å². The van der Waals surface area contributed by atoms with E-state index in [0.717, 1.165) is 5.56 Å². The number of amides is 1. The SMILES string of the molecule is Cc1nc(C)c(C(=O)NC(C)c2cn[nH]c2)o1. The third kappa shape index (κ3) is 2.35. The Morgan fingerprint density at radius 3 is 2.82 bits per heavy atom. The van der Waals surface area contributed by atoms with Crippen LogP contribution in [0.4, 0.5) is 0 Å². The van der Waals surface area contributed by atoms with E-state index in [-0.39, 0.29) is 17.7 Å². The van der Waals surface area contributed by atoms with Crippen molar-refractivity contribution in [2.24, 2.45) is 0 Å². The number of carbonyl (C=O) groups excluding carboxylic acids is 1. The second-order valence-electron chi connectivity index (χ2n) is 3.87. The lowest BCUT2D eigenvalue weighted by molar-refractivity contribution is 0.0909. The van der Waals surface area contributed by atoms with Gasteiger partial charge < -0.3 is 9.73 Å². The Balaban J connectivity index is 2.09. The van der Waals surface area contributed by atoms with Crippen LogP contribution in [0.1, 0.15) is 40.7 Å². The molecule has 6 nitrogen and oxygen atoms in total. The Bertz CT molecular complexity index is 516. The van der Waals surface area contributed by atoms with E-state index in [1.807, 2.05) is 6.92 Å². The third-order valence-corrected chi connectivity index (χ3v) is 2.48. The standard InChI is InChI=1S/C11H14N4O2/c1-6(9-4-12-13-5-9)15-11(16)10-7(2)14-8(3)17-10/h4-6H,1-3H3,(H,12,13)(H,15,16). The summed E-state index contributed by atoms with van der Waals surface area (Å²) in [6, 6.07) is -0.133. The van der Waals surface area contributed by atoms with Gasteiger partial charge in [-0.2, -0.15) is 5.10 Å². The topological polar surface area (TPSA) is 83.8 Å². The number of hydrogen-bond acceptors (Lipinski definition) is 4. The number of carbonyl (C=O) groups is 1. The number of nitrogens with one attached hydrogen (secondary N) is 2. The lowest BCUT2D eigenvalue weighted by atomic mass is 10.2. The molecule has 2 heterocycles. The van der Waals surface area contributed by atoms with Gasteiger partial charge in [0.25, 0.3) is 5.91 Å². The van der Waals surface area contributed by atoms with E-state index < -0.39 is 0 Å². The van der Waals surface area contributed by atoms with Crippen LogP contribution in [0.15, 0.2) is 16.8 Å². The molecule has 0 spiro atoms. The van der Waals surface area contributed by atoms with Gasteiger partial charge in [0.15, 0.2) is 5.89 Å². The van der Waals surface area contributed by atoms with Gasteiger partial charge in [-0.1, -0.05) is 0 Å². The minimum Gasteiger partial charge on any atom is -0.436 e. The van der Waals surface area contributed by atoms with Crippen LogP contribution in [0.2, 0.25) is 0 Å². The van der Waals surface area contributed by atoms with Crippen molar-refractivity contribution in [2.45, 2.75) is 26.8 Å². The molecule has 17 heavy (non-hydrogen) atoms. The van der Waals surface area contributed by atoms with E-state index in [9.17, 15) is 4.79 Å². The highest BCUT2D eigenvalue weighted by atomic mass is 16.4. The largest absolute Gasteiger partial charge is 0.436 e. The first-order chi connectivity index (χ1) is 8.08. The molecule has 0 radical (unpaired) electrons. The Morgan fingerprint density at radius 1 is 1.53 bits per heavy atom. The number of aromatic amines is 1. The predicted octanol–water partition coefficient (Wildman–Crippen LogP) is 1.51. The third-order valence-electron chi connectivity index (χ3n) is 2.48. The molecule has 90 valence electrons. The Morgan fingerprint density at radius 2 is 2.29 bits per heavy atom. The van der Waals surface area contributed by atoms with E-state index in [1.165, 1.54) is 0 Å². The second-order valence-corrected chi connectivity index (χ2v) is 3.87. The molecular formula is C11H14N4O2. The van der Waals surface area contributed by atoms with E-state index >= 15 is 0 Å². The molecule has 0 aliphatic heterocycles. The summed E-state index contributed by atoms with van der Waals surface area (Å²) in [5.41, 5.74) is 1.51. The van der Waals surface area contributed by atoms with Gasteiger partial charge in [-0.15, -0.1) is 0 Å². The maximum atomic E-state index is 11.9. The zero-order valence-corrected chi connectivity index (χ0v) is 9.94. The molecule has 0 fully saturated rings. The summed E-state index contributed by atoms with van der Waals surface area (Å²) < 4.78 is 5.25. The number of rotatable bonds is 3. The molecule has 0 aromatic carbocycles. The van der Waals surface area contributed by atoms with Crippen molar-refractivity contribution in [1.82, 2.24) is 20.5 Å². The molecular weight excluding hydrogens is 220 g/mol. The normalized spacial score (nSPS) is 12.4. The number of oxazole rings is 1. The van der Waals surface area contributed by atoms with Crippen LogP contribution >= 0.6 is 0 Å². The van der Waals surface area contributed by atoms with Crippen molar-refractivity contribution < 1.29 is 9.21 Å². The van der Waals surface area contributed by atoms with Gasteiger partial charge in [-0.05, 0) is 13.8 Å². The van der Waals surface area contributed by atoms with Crippen molar-refractivity contribution in [3.05, 3.63) is 35.3 Å². The van der Waals surface area contributed by atoms with Crippen molar-refractivity contribution in [2.75, 3.05) is 0 Å². The Labute approximate surface area is 98.4 Å². The van der Waals surface area contributed by atoms with Crippen molar-refractivity contribution >= 4 is 5.91 Å². The van der Waals surface area contributed by atoms with Crippen LogP contribution in [0.25, 0.3) is 0 Å². The van der Waals surface area contributed by atoms with Crippen LogP contribution in [0.3, 0.4) is 0 Å². The van der Waals surface area contributed by atoms with E-state index in [0.29, 0.717) is 11.6 Å². The molecule has 0 bridgehead atoms. The van der Waals surface area contributed by atoms with Crippen molar-refractivity contribution in [3.63, 3.8) is 0 Å². The summed E-state index contributed by atoms with van der Waals surface area (Å²) in [4.78, 5) is 16.0. The summed E-state index contributed by atoms with van der Waals surface area (Å²) >= 11 is 0. The van der Waals surface area contributed by atoms with E-state index in [4.69, 9.17) is 4.42 Å². The smallest absolute Gasteiger partial charge is 0.289 e. The average molecular weight is 234 g/mol. The first-order valence-electron chi connectivity index (χ1n) is 5.31. The zero-order chi connectivity index (χ0) is 12.4. The van der Waals surface area contributed by atoms with Gasteiger partial charge in [0.1, 0.15) is 0 Å². The van der Waals surface area contributed by atoms with Gasteiger partial charge in [0.2, 0.25) is 5.76 Å². The first-order valence-corrected chi connectivity index (χ1v) is 5.31. The van der Waals surface area contributed by atoms with Gasteiger partial charge >= 0.3 is 0 Å². The highest BCUT2D eigenvalue weighted by molar-refractivity contribution is 5.92. The molecule has 1 atom stereocenters. The highest BCUT2D eigenvalue weighted by Crippen LogP contribution is 2.13. The van der Waals surface area contributed by atoms with Crippen LogP contribution in [0.5, 0.6) is 0 Å². The molecule has 1 amide bonds. The molecule has 2 aromatic rings. The van der Waals surface area contributed by atoms with Gasteiger partial charge in [0.05, 0.1) is 17.9 Å². The number of hydrogen-bond donors (Lipinski definition) is 2. The highest BCUT2D eigenvalue weighted by Gasteiger charge is 2.18. The van der Waals surface area contributed by atoms with E-state index in [2.05, 4.69) is 20.5 Å². The number of nitrogens with zero attached hydrogens (tertiary/aromatic N) is 2. The summed E-state index contributed by atoms with van der Waals surface area (Å²) in [5, 5.41) is 9.35. The number of aromatic nitrogens is 3. The van der Waals surface area contributed by atoms with E-state index in [1.54, 1.807) is 26.2 Å². The molecule has 2 rings (SSSR count). The minimum atomic E-state index is -0.267. The molecule has 0 saturated heterocycles. The lowest BCUT2D eigenvalue weighted by Crippen LogP contribution is -2.26. The fraction of sp³-hybridized carbons (Fsp3) is 0.364. The van der Waals surface area contributed by atoms with Crippen LogP contribution in [-0.4, -0.2) is 21.1 Å². The number of H-pyrrole nitrogens is 1. The van der Waals surface area contributed by atoms with Gasteiger partial charge in [0, 0.05) is 18.7 Å². The Kier molecular flexibility index (Phi) is 2.95. The molecule has 2 aromatic heterocycles.